The van der Waals surface area contributed by atoms with Crippen molar-refractivity contribution in [3.05, 3.63) is 0 Å². The molecule has 0 aliphatic carbocycles. The predicted molar refractivity (Wildman–Crippen MR) is 77.0 cm³/mol. The van der Waals surface area contributed by atoms with Gasteiger partial charge in [-0.15, -0.1) is 0 Å². The average molecular weight is 282 g/mol. The average Bonchev–Trinajstić information content (AvgIpc) is 2.49. The summed E-state index contributed by atoms with van der Waals surface area (Å²) in [5, 5.41) is 5.71. The number of anilines is 2. The van der Waals surface area contributed by atoms with Crippen LogP contribution in [0.2, 0.25) is 0 Å². The highest BCUT2D eigenvalue weighted by molar-refractivity contribution is 5.80. The molecule has 0 aliphatic rings. The van der Waals surface area contributed by atoms with Crippen molar-refractivity contribution in [2.24, 2.45) is 0 Å². The zero-order valence-corrected chi connectivity index (χ0v) is 12.4. The minimum Gasteiger partial charge on any atom is -0.463 e. The fraction of sp³-hybridized carbons (Fsp3) is 0.667. The van der Waals surface area contributed by atoms with E-state index in [2.05, 4.69) is 25.6 Å². The summed E-state index contributed by atoms with van der Waals surface area (Å²) in [5.41, 5.74) is 0. The Kier molecular flexibility index (Phi) is 6.48. The van der Waals surface area contributed by atoms with Crippen LogP contribution >= 0.6 is 0 Å². The Bertz CT molecular complexity index is 440. The summed E-state index contributed by atoms with van der Waals surface area (Å²) in [4.78, 5) is 25.6. The van der Waals surface area contributed by atoms with Crippen LogP contribution in [-0.2, 0) is 4.79 Å². The zero-order chi connectivity index (χ0) is 15.0. The highest BCUT2D eigenvalue weighted by Crippen LogP contribution is 2.10. The summed E-state index contributed by atoms with van der Waals surface area (Å²) in [6.45, 7) is 5.23. The molecule has 0 unspecified atom stereocenters. The first kappa shape index (κ1) is 15.9. The monoisotopic (exact) mass is 282 g/mol. The molecule has 0 atom stereocenters. The maximum absolute atomic E-state index is 11.7. The smallest absolute Gasteiger partial charge is 0.323 e. The molecule has 0 saturated carbocycles. The third-order valence-electron chi connectivity index (χ3n) is 2.57. The summed E-state index contributed by atoms with van der Waals surface area (Å²) in [6.07, 6.45) is 0.864. The number of carbonyl (C=O) groups is 1. The molecule has 1 aromatic heterocycles. The quantitative estimate of drug-likeness (QED) is 0.721. The van der Waals surface area contributed by atoms with Crippen LogP contribution in [0, 0.1) is 0 Å². The Morgan fingerprint density at radius 2 is 1.95 bits per heavy atom. The molecule has 1 heterocycles. The van der Waals surface area contributed by atoms with Crippen LogP contribution in [0.1, 0.15) is 20.3 Å². The highest BCUT2D eigenvalue weighted by atomic mass is 16.5. The standard InChI is InChI=1S/C12H22N6O2/c1-5-7-20-12-16-10(13-3)15-11(17-12)14-8-9(19)18(4)6-2/h5-8H2,1-4H3,(H2,13,14,15,16,17). The first-order valence-corrected chi connectivity index (χ1v) is 6.65. The van der Waals surface area contributed by atoms with Gasteiger partial charge in [-0.1, -0.05) is 6.92 Å². The second-order valence-corrected chi connectivity index (χ2v) is 4.13. The van der Waals surface area contributed by atoms with E-state index in [0.29, 0.717) is 25.0 Å². The van der Waals surface area contributed by atoms with E-state index in [4.69, 9.17) is 4.74 Å². The number of aromatic nitrogens is 3. The van der Waals surface area contributed by atoms with Crippen LogP contribution in [0.3, 0.4) is 0 Å². The van der Waals surface area contributed by atoms with E-state index in [1.807, 2.05) is 13.8 Å². The molecule has 1 rings (SSSR count). The number of nitrogens with zero attached hydrogens (tertiary/aromatic N) is 4. The molecule has 112 valence electrons. The number of nitrogens with one attached hydrogen (secondary N) is 2. The molecule has 2 N–H and O–H groups in total. The van der Waals surface area contributed by atoms with Crippen molar-refractivity contribution in [1.82, 2.24) is 19.9 Å². The summed E-state index contributed by atoms with van der Waals surface area (Å²) in [5.74, 6) is 0.674. The number of hydrogen-bond acceptors (Lipinski definition) is 7. The summed E-state index contributed by atoms with van der Waals surface area (Å²) < 4.78 is 5.38. The third-order valence-corrected chi connectivity index (χ3v) is 2.57. The van der Waals surface area contributed by atoms with Gasteiger partial charge in [-0.05, 0) is 13.3 Å². The van der Waals surface area contributed by atoms with Crippen molar-refractivity contribution in [2.75, 3.05) is 44.4 Å². The molecule has 1 aromatic rings. The van der Waals surface area contributed by atoms with E-state index in [-0.39, 0.29) is 18.5 Å². The van der Waals surface area contributed by atoms with E-state index in [1.54, 1.807) is 19.0 Å². The number of ether oxygens (including phenoxy) is 1. The maximum Gasteiger partial charge on any atom is 0.323 e. The lowest BCUT2D eigenvalue weighted by Crippen LogP contribution is -2.32. The first-order valence-electron chi connectivity index (χ1n) is 6.65. The zero-order valence-electron chi connectivity index (χ0n) is 12.4. The molecule has 20 heavy (non-hydrogen) atoms. The third kappa shape index (κ3) is 4.87. The van der Waals surface area contributed by atoms with Crippen LogP contribution in [0.25, 0.3) is 0 Å². The predicted octanol–water partition coefficient (Wildman–Crippen LogP) is 0.592. The molecular formula is C12H22N6O2. The van der Waals surface area contributed by atoms with Gasteiger partial charge in [0, 0.05) is 20.6 Å². The molecule has 0 aromatic carbocycles. The van der Waals surface area contributed by atoms with Crippen LogP contribution < -0.4 is 15.4 Å². The van der Waals surface area contributed by atoms with Gasteiger partial charge in [-0.2, -0.15) is 15.0 Å². The van der Waals surface area contributed by atoms with Crippen LogP contribution in [0.15, 0.2) is 0 Å². The van der Waals surface area contributed by atoms with Gasteiger partial charge in [0.1, 0.15) is 0 Å². The minimum atomic E-state index is -0.0325. The lowest BCUT2D eigenvalue weighted by molar-refractivity contribution is -0.127. The number of carbonyl (C=O) groups excluding carboxylic acids is 1. The van der Waals surface area contributed by atoms with Crippen molar-refractivity contribution in [1.29, 1.82) is 0 Å². The molecule has 0 spiro atoms. The van der Waals surface area contributed by atoms with Gasteiger partial charge in [0.25, 0.3) is 0 Å². The van der Waals surface area contributed by atoms with E-state index < -0.39 is 0 Å². The number of likely N-dealkylation sites (N-methyl/N-ethyl adjacent to an activating group) is 1. The molecule has 0 saturated heterocycles. The first-order chi connectivity index (χ1) is 9.60. The minimum absolute atomic E-state index is 0.0325. The highest BCUT2D eigenvalue weighted by Gasteiger charge is 2.10. The van der Waals surface area contributed by atoms with E-state index in [9.17, 15) is 4.79 Å². The summed E-state index contributed by atoms with van der Waals surface area (Å²) in [6, 6.07) is 0.241. The van der Waals surface area contributed by atoms with Gasteiger partial charge in [0.2, 0.25) is 17.8 Å². The number of rotatable bonds is 8. The van der Waals surface area contributed by atoms with E-state index in [0.717, 1.165) is 6.42 Å². The van der Waals surface area contributed by atoms with Crippen LogP contribution in [-0.4, -0.2) is 59.6 Å². The summed E-state index contributed by atoms with van der Waals surface area (Å²) in [7, 11) is 3.45. The Hall–Kier alpha value is -2.12. The molecule has 0 aliphatic heterocycles. The Labute approximate surface area is 119 Å². The molecule has 8 heteroatoms. The molecule has 0 bridgehead atoms. The number of amides is 1. The van der Waals surface area contributed by atoms with Gasteiger partial charge >= 0.3 is 6.01 Å². The fourth-order valence-corrected chi connectivity index (χ4v) is 1.27. The van der Waals surface area contributed by atoms with Gasteiger partial charge in [-0.3, -0.25) is 4.79 Å². The molecule has 0 fully saturated rings. The van der Waals surface area contributed by atoms with Gasteiger partial charge in [0.15, 0.2) is 0 Å². The summed E-state index contributed by atoms with van der Waals surface area (Å²) >= 11 is 0. The SMILES string of the molecule is CCCOc1nc(NC)nc(NCC(=O)N(C)CC)n1. The molecule has 1 amide bonds. The Morgan fingerprint density at radius 3 is 2.55 bits per heavy atom. The van der Waals surface area contributed by atoms with Crippen LogP contribution in [0.4, 0.5) is 11.9 Å². The van der Waals surface area contributed by atoms with Crippen molar-refractivity contribution >= 4 is 17.8 Å². The molecule has 0 radical (unpaired) electrons. The normalized spacial score (nSPS) is 10.0. The molecule has 8 nitrogen and oxygen atoms in total. The van der Waals surface area contributed by atoms with Gasteiger partial charge in [0.05, 0.1) is 13.2 Å². The Balaban J connectivity index is 2.70. The maximum atomic E-state index is 11.7. The lowest BCUT2D eigenvalue weighted by atomic mass is 10.5. The van der Waals surface area contributed by atoms with Crippen molar-refractivity contribution in [3.63, 3.8) is 0 Å². The fourth-order valence-electron chi connectivity index (χ4n) is 1.27. The van der Waals surface area contributed by atoms with Gasteiger partial charge in [-0.25, -0.2) is 0 Å². The second-order valence-electron chi connectivity index (χ2n) is 4.13. The topological polar surface area (TPSA) is 92.3 Å². The van der Waals surface area contributed by atoms with Crippen LogP contribution in [0.5, 0.6) is 6.01 Å². The van der Waals surface area contributed by atoms with Crippen molar-refractivity contribution in [2.45, 2.75) is 20.3 Å². The van der Waals surface area contributed by atoms with Gasteiger partial charge < -0.3 is 20.3 Å². The van der Waals surface area contributed by atoms with E-state index >= 15 is 0 Å². The van der Waals surface area contributed by atoms with Crippen molar-refractivity contribution < 1.29 is 9.53 Å². The second kappa shape index (κ2) is 8.13. The lowest BCUT2D eigenvalue weighted by Gasteiger charge is -2.15. The van der Waals surface area contributed by atoms with E-state index in [1.165, 1.54) is 0 Å². The largest absolute Gasteiger partial charge is 0.463 e. The Morgan fingerprint density at radius 1 is 1.25 bits per heavy atom. The molecular weight excluding hydrogens is 260 g/mol. The van der Waals surface area contributed by atoms with Crippen molar-refractivity contribution in [3.8, 4) is 6.01 Å². The number of hydrogen-bond donors (Lipinski definition) is 2.